The fraction of sp³-hybridized carbons (Fsp3) is 0.150. The summed E-state index contributed by atoms with van der Waals surface area (Å²) in [6.07, 6.45) is 2.29. The van der Waals surface area contributed by atoms with E-state index in [1.807, 2.05) is 18.2 Å². The van der Waals surface area contributed by atoms with E-state index in [4.69, 9.17) is 16.7 Å². The highest BCUT2D eigenvalue weighted by Crippen LogP contribution is 2.22. The van der Waals surface area contributed by atoms with E-state index in [0.29, 0.717) is 29.1 Å². The van der Waals surface area contributed by atoms with Gasteiger partial charge in [0.1, 0.15) is 0 Å². The Hall–Kier alpha value is -2.92. The van der Waals surface area contributed by atoms with Crippen molar-refractivity contribution in [3.63, 3.8) is 0 Å². The molecule has 0 unspecified atom stereocenters. The third kappa shape index (κ3) is 4.37. The Kier molecular flexibility index (Phi) is 5.49. The van der Waals surface area contributed by atoms with E-state index in [9.17, 15) is 9.59 Å². The van der Waals surface area contributed by atoms with Crippen molar-refractivity contribution in [2.45, 2.75) is 12.8 Å². The number of hydrogen-bond acceptors (Lipinski definition) is 3. The van der Waals surface area contributed by atoms with Gasteiger partial charge in [-0.25, -0.2) is 0 Å². The first-order valence-electron chi connectivity index (χ1n) is 8.15. The van der Waals surface area contributed by atoms with Crippen LogP contribution in [0.15, 0.2) is 54.7 Å². The van der Waals surface area contributed by atoms with Crippen LogP contribution in [0.4, 0.5) is 0 Å². The van der Waals surface area contributed by atoms with E-state index >= 15 is 0 Å². The summed E-state index contributed by atoms with van der Waals surface area (Å²) in [5.41, 5.74) is 2.84. The van der Waals surface area contributed by atoms with Crippen molar-refractivity contribution in [2.75, 3.05) is 6.54 Å². The Morgan fingerprint density at radius 2 is 1.81 bits per heavy atom. The number of carboxylic acid groups (broad SMARTS) is 1. The van der Waals surface area contributed by atoms with Gasteiger partial charge in [-0.1, -0.05) is 41.9 Å². The van der Waals surface area contributed by atoms with Crippen LogP contribution in [0.3, 0.4) is 0 Å². The first kappa shape index (κ1) is 17.9. The monoisotopic (exact) mass is 368 g/mol. The normalized spacial score (nSPS) is 10.7. The molecule has 0 radical (unpaired) electrons. The lowest BCUT2D eigenvalue weighted by Gasteiger charge is -2.09. The summed E-state index contributed by atoms with van der Waals surface area (Å²) in [5, 5.41) is 13.0. The number of carboxylic acids is 1. The number of nitrogens with one attached hydrogen (secondary N) is 1. The van der Waals surface area contributed by atoms with Crippen molar-refractivity contribution in [3.8, 4) is 0 Å². The molecule has 1 aromatic heterocycles. The van der Waals surface area contributed by atoms with E-state index in [-0.39, 0.29) is 12.3 Å². The average molecular weight is 369 g/mol. The van der Waals surface area contributed by atoms with Crippen LogP contribution < -0.4 is 5.32 Å². The molecular formula is C20H17ClN2O3. The predicted molar refractivity (Wildman–Crippen MR) is 101 cm³/mol. The van der Waals surface area contributed by atoms with Crippen LogP contribution in [-0.2, 0) is 17.6 Å². The van der Waals surface area contributed by atoms with Crippen molar-refractivity contribution < 1.29 is 14.7 Å². The summed E-state index contributed by atoms with van der Waals surface area (Å²) < 4.78 is 0. The smallest absolute Gasteiger partial charge is 0.307 e. The number of carbonyl (C=O) groups excluding carboxylic acids is 1. The minimum absolute atomic E-state index is 0.00581. The average Bonchev–Trinajstić information content (AvgIpc) is 2.62. The summed E-state index contributed by atoms with van der Waals surface area (Å²) in [4.78, 5) is 27.5. The molecule has 0 aliphatic heterocycles. The number of aliphatic carboxylic acids is 1. The molecule has 6 heteroatoms. The molecular weight excluding hydrogens is 352 g/mol. The highest BCUT2D eigenvalue weighted by molar-refractivity contribution is 6.32. The van der Waals surface area contributed by atoms with Gasteiger partial charge in [-0.3, -0.25) is 14.6 Å². The quantitative estimate of drug-likeness (QED) is 0.698. The van der Waals surface area contributed by atoms with Gasteiger partial charge in [0.25, 0.3) is 5.91 Å². The molecule has 3 rings (SSSR count). The molecule has 0 fully saturated rings. The molecule has 1 heterocycles. The molecule has 26 heavy (non-hydrogen) atoms. The van der Waals surface area contributed by atoms with Gasteiger partial charge in [-0.05, 0) is 35.7 Å². The Morgan fingerprint density at radius 3 is 2.54 bits per heavy atom. The SMILES string of the molecule is O=C(O)Cc1ccc(CCNC(=O)c2cc(Cl)cc3cccnc23)cc1. The maximum Gasteiger partial charge on any atom is 0.307 e. The fourth-order valence-corrected chi connectivity index (χ4v) is 2.97. The first-order chi connectivity index (χ1) is 12.5. The highest BCUT2D eigenvalue weighted by atomic mass is 35.5. The minimum atomic E-state index is -0.854. The maximum atomic E-state index is 12.5. The zero-order chi connectivity index (χ0) is 18.5. The van der Waals surface area contributed by atoms with Gasteiger partial charge in [0, 0.05) is 23.2 Å². The van der Waals surface area contributed by atoms with E-state index in [1.165, 1.54) is 0 Å². The Morgan fingerprint density at radius 1 is 1.08 bits per heavy atom. The fourth-order valence-electron chi connectivity index (χ4n) is 2.74. The van der Waals surface area contributed by atoms with Crippen LogP contribution in [0.1, 0.15) is 21.5 Å². The van der Waals surface area contributed by atoms with Crippen molar-refractivity contribution in [2.24, 2.45) is 0 Å². The number of carbonyl (C=O) groups is 2. The Balaban J connectivity index is 1.64. The molecule has 1 amide bonds. The lowest BCUT2D eigenvalue weighted by molar-refractivity contribution is -0.136. The van der Waals surface area contributed by atoms with Gasteiger partial charge >= 0.3 is 5.97 Å². The summed E-state index contributed by atoms with van der Waals surface area (Å²) in [6, 6.07) is 14.4. The standard InChI is InChI=1S/C20H17ClN2O3/c21-16-11-15-2-1-8-22-19(15)17(12-16)20(26)23-9-7-13-3-5-14(6-4-13)10-18(24)25/h1-6,8,11-12H,7,9-10H2,(H,23,26)(H,24,25). The number of fused-ring (bicyclic) bond motifs is 1. The Labute approximate surface area is 155 Å². The molecule has 0 aliphatic carbocycles. The van der Waals surface area contributed by atoms with Gasteiger partial charge in [-0.15, -0.1) is 0 Å². The van der Waals surface area contributed by atoms with Crippen molar-refractivity contribution in [1.82, 2.24) is 10.3 Å². The number of pyridine rings is 1. The molecule has 0 aliphatic rings. The highest BCUT2D eigenvalue weighted by Gasteiger charge is 2.12. The minimum Gasteiger partial charge on any atom is -0.481 e. The van der Waals surface area contributed by atoms with Crippen LogP contribution in [0.25, 0.3) is 10.9 Å². The molecule has 0 saturated heterocycles. The zero-order valence-electron chi connectivity index (χ0n) is 13.9. The number of aromatic nitrogens is 1. The summed E-state index contributed by atoms with van der Waals surface area (Å²) >= 11 is 6.10. The maximum absolute atomic E-state index is 12.5. The van der Waals surface area contributed by atoms with Crippen LogP contribution in [0.2, 0.25) is 5.02 Å². The predicted octanol–water partition coefficient (Wildman–Crippen LogP) is 3.49. The number of amides is 1. The van der Waals surface area contributed by atoms with Gasteiger partial charge in [0.15, 0.2) is 0 Å². The molecule has 0 saturated carbocycles. The van der Waals surface area contributed by atoms with Gasteiger partial charge in [0.2, 0.25) is 0 Å². The molecule has 3 aromatic rings. The lowest BCUT2D eigenvalue weighted by Crippen LogP contribution is -2.26. The molecule has 2 aromatic carbocycles. The second-order valence-corrected chi connectivity index (χ2v) is 6.36. The number of hydrogen-bond donors (Lipinski definition) is 2. The summed E-state index contributed by atoms with van der Waals surface area (Å²) in [7, 11) is 0. The van der Waals surface area contributed by atoms with E-state index in [0.717, 1.165) is 16.5 Å². The number of rotatable bonds is 6. The van der Waals surface area contributed by atoms with Crippen molar-refractivity contribution in [1.29, 1.82) is 0 Å². The zero-order valence-corrected chi connectivity index (χ0v) is 14.7. The second kappa shape index (κ2) is 7.97. The van der Waals surface area contributed by atoms with Crippen LogP contribution in [-0.4, -0.2) is 28.5 Å². The lowest BCUT2D eigenvalue weighted by atomic mass is 10.1. The third-order valence-corrected chi connectivity index (χ3v) is 4.21. The molecule has 2 N–H and O–H groups in total. The van der Waals surface area contributed by atoms with Crippen molar-refractivity contribution >= 4 is 34.4 Å². The van der Waals surface area contributed by atoms with Gasteiger partial charge < -0.3 is 10.4 Å². The molecule has 5 nitrogen and oxygen atoms in total. The van der Waals surface area contributed by atoms with Crippen LogP contribution in [0.5, 0.6) is 0 Å². The Bertz CT molecular complexity index is 955. The molecule has 0 bridgehead atoms. The van der Waals surface area contributed by atoms with E-state index in [1.54, 1.807) is 36.5 Å². The van der Waals surface area contributed by atoms with E-state index < -0.39 is 5.97 Å². The van der Waals surface area contributed by atoms with E-state index in [2.05, 4.69) is 10.3 Å². The number of halogens is 1. The van der Waals surface area contributed by atoms with Gasteiger partial charge in [-0.2, -0.15) is 0 Å². The number of benzene rings is 2. The van der Waals surface area contributed by atoms with Crippen LogP contribution >= 0.6 is 11.6 Å². The molecule has 0 atom stereocenters. The summed E-state index contributed by atoms with van der Waals surface area (Å²) in [5.74, 6) is -1.08. The van der Waals surface area contributed by atoms with Crippen molar-refractivity contribution in [3.05, 3.63) is 76.4 Å². The number of nitrogens with zero attached hydrogens (tertiary/aromatic N) is 1. The molecule has 132 valence electrons. The largest absolute Gasteiger partial charge is 0.481 e. The third-order valence-electron chi connectivity index (χ3n) is 3.99. The second-order valence-electron chi connectivity index (χ2n) is 5.92. The first-order valence-corrected chi connectivity index (χ1v) is 8.53. The summed E-state index contributed by atoms with van der Waals surface area (Å²) in [6.45, 7) is 0.456. The van der Waals surface area contributed by atoms with Crippen LogP contribution in [0, 0.1) is 0 Å². The van der Waals surface area contributed by atoms with Gasteiger partial charge in [0.05, 0.1) is 17.5 Å². The topological polar surface area (TPSA) is 79.3 Å². The molecule has 0 spiro atoms.